The Morgan fingerprint density at radius 2 is 1.97 bits per heavy atom. The van der Waals surface area contributed by atoms with Gasteiger partial charge in [-0.15, -0.1) is 21.5 Å². The van der Waals surface area contributed by atoms with E-state index in [9.17, 15) is 10.4 Å². The number of hydrogen-bond donors (Lipinski definition) is 1. The van der Waals surface area contributed by atoms with Gasteiger partial charge in [0.25, 0.3) is 0 Å². The van der Waals surface area contributed by atoms with Gasteiger partial charge in [0.15, 0.2) is 11.0 Å². The largest absolute Gasteiger partial charge is 0.510 e. The molecule has 0 saturated carbocycles. The predicted octanol–water partition coefficient (Wildman–Crippen LogP) is 6.20. The van der Waals surface area contributed by atoms with E-state index >= 15 is 0 Å². The van der Waals surface area contributed by atoms with Crippen molar-refractivity contribution < 1.29 is 5.11 Å². The molecule has 1 N–H and O–H groups in total. The van der Waals surface area contributed by atoms with Crippen LogP contribution in [0.4, 0.5) is 0 Å². The Morgan fingerprint density at radius 1 is 1.23 bits per heavy atom. The summed E-state index contributed by atoms with van der Waals surface area (Å²) in [7, 11) is 0. The molecule has 31 heavy (non-hydrogen) atoms. The number of nitrogens with zero attached hydrogens (tertiary/aromatic N) is 5. The molecule has 2 aromatic heterocycles. The van der Waals surface area contributed by atoms with E-state index in [0.717, 1.165) is 21.6 Å². The van der Waals surface area contributed by atoms with Crippen LogP contribution in [0.1, 0.15) is 18.9 Å². The topological polar surface area (TPSA) is 87.6 Å². The summed E-state index contributed by atoms with van der Waals surface area (Å²) in [5.74, 6) is 0.703. The van der Waals surface area contributed by atoms with E-state index in [4.69, 9.17) is 11.6 Å². The van der Waals surface area contributed by atoms with E-state index in [2.05, 4.69) is 21.3 Å². The SMILES string of the molecule is CCn1c(SC(C)/C(O)=C(\C#N)c2nc3ccccc3s2)nnc1-c1ccc(Cl)cc1. The van der Waals surface area contributed by atoms with Gasteiger partial charge in [-0.05, 0) is 50.2 Å². The molecule has 0 fully saturated rings. The molecule has 4 aromatic rings. The van der Waals surface area contributed by atoms with Crippen LogP contribution < -0.4 is 0 Å². The highest BCUT2D eigenvalue weighted by molar-refractivity contribution is 7.99. The zero-order valence-corrected chi connectivity index (χ0v) is 19.2. The molecular formula is C22H18ClN5OS2. The number of allylic oxidation sites excluding steroid dienone is 1. The average molecular weight is 468 g/mol. The number of hydrogen-bond acceptors (Lipinski definition) is 7. The maximum atomic E-state index is 10.9. The van der Waals surface area contributed by atoms with Gasteiger partial charge in [0, 0.05) is 17.1 Å². The second kappa shape index (κ2) is 9.10. The lowest BCUT2D eigenvalue weighted by Gasteiger charge is -2.12. The molecule has 1 atom stereocenters. The highest BCUT2D eigenvalue weighted by Crippen LogP contribution is 2.34. The first-order chi connectivity index (χ1) is 15.0. The monoisotopic (exact) mass is 467 g/mol. The third kappa shape index (κ3) is 4.30. The smallest absolute Gasteiger partial charge is 0.192 e. The van der Waals surface area contributed by atoms with Crippen molar-refractivity contribution in [2.75, 3.05) is 0 Å². The van der Waals surface area contributed by atoms with Crippen molar-refractivity contribution >= 4 is 50.5 Å². The summed E-state index contributed by atoms with van der Waals surface area (Å²) in [6.07, 6.45) is 0. The molecule has 0 saturated heterocycles. The van der Waals surface area contributed by atoms with Crippen LogP contribution in [0.25, 0.3) is 27.2 Å². The zero-order chi connectivity index (χ0) is 22.0. The minimum absolute atomic E-state index is 0.0229. The van der Waals surface area contributed by atoms with Gasteiger partial charge < -0.3 is 9.67 Å². The summed E-state index contributed by atoms with van der Waals surface area (Å²) < 4.78 is 2.94. The second-order valence-electron chi connectivity index (χ2n) is 6.68. The Balaban J connectivity index is 1.64. The third-order valence-corrected chi connectivity index (χ3v) is 7.07. The molecule has 4 rings (SSSR count). The fourth-order valence-corrected chi connectivity index (χ4v) is 5.16. The van der Waals surface area contributed by atoms with Crippen LogP contribution in [0.15, 0.2) is 59.4 Å². The lowest BCUT2D eigenvalue weighted by molar-refractivity contribution is 0.402. The second-order valence-corrected chi connectivity index (χ2v) is 9.45. The Bertz CT molecular complexity index is 1270. The molecular weight excluding hydrogens is 450 g/mol. The van der Waals surface area contributed by atoms with Crippen LogP contribution in [0, 0.1) is 11.3 Å². The number of aromatic nitrogens is 4. The van der Waals surface area contributed by atoms with Gasteiger partial charge in [-0.1, -0.05) is 35.5 Å². The van der Waals surface area contributed by atoms with Crippen molar-refractivity contribution in [3.05, 3.63) is 64.3 Å². The lowest BCUT2D eigenvalue weighted by atomic mass is 10.2. The standard InChI is InChI=1S/C22H18ClN5OS2/c1-3-28-20(14-8-10-15(23)11-9-14)26-27-22(28)30-13(2)19(29)16(12-24)21-25-17-6-4-5-7-18(17)31-21/h4-11,13,29H,3H2,1-2H3/b19-16-. The maximum Gasteiger partial charge on any atom is 0.192 e. The predicted molar refractivity (Wildman–Crippen MR) is 126 cm³/mol. The van der Waals surface area contributed by atoms with E-state index < -0.39 is 5.25 Å². The van der Waals surface area contributed by atoms with Crippen LogP contribution in [0.5, 0.6) is 0 Å². The number of aliphatic hydroxyl groups is 1. The molecule has 0 aliphatic heterocycles. The number of benzene rings is 2. The first-order valence-electron chi connectivity index (χ1n) is 9.56. The van der Waals surface area contributed by atoms with Gasteiger partial charge in [0.1, 0.15) is 22.4 Å². The molecule has 2 aromatic carbocycles. The third-order valence-electron chi connectivity index (χ3n) is 4.68. The molecule has 6 nitrogen and oxygen atoms in total. The highest BCUT2D eigenvalue weighted by atomic mass is 35.5. The Morgan fingerprint density at radius 3 is 2.65 bits per heavy atom. The summed E-state index contributed by atoms with van der Waals surface area (Å²) in [4.78, 5) is 4.50. The minimum Gasteiger partial charge on any atom is -0.510 e. The van der Waals surface area contributed by atoms with Crippen LogP contribution in [-0.2, 0) is 6.54 Å². The molecule has 9 heteroatoms. The van der Waals surface area contributed by atoms with Gasteiger partial charge in [-0.3, -0.25) is 0 Å². The molecule has 0 bridgehead atoms. The molecule has 0 radical (unpaired) electrons. The van der Waals surface area contributed by atoms with Crippen molar-refractivity contribution in [2.24, 2.45) is 0 Å². The van der Waals surface area contributed by atoms with E-state index in [1.54, 1.807) is 0 Å². The molecule has 0 amide bonds. The van der Waals surface area contributed by atoms with Crippen molar-refractivity contribution in [2.45, 2.75) is 30.8 Å². The van der Waals surface area contributed by atoms with Crippen molar-refractivity contribution in [1.82, 2.24) is 19.7 Å². The summed E-state index contributed by atoms with van der Waals surface area (Å²) in [5.41, 5.74) is 1.90. The molecule has 0 aliphatic carbocycles. The van der Waals surface area contributed by atoms with Crippen LogP contribution >= 0.6 is 34.7 Å². The number of thioether (sulfide) groups is 1. The Kier molecular flexibility index (Phi) is 6.28. The Labute approximate surface area is 192 Å². The lowest BCUT2D eigenvalue weighted by Crippen LogP contribution is -2.07. The van der Waals surface area contributed by atoms with Crippen molar-refractivity contribution in [3.63, 3.8) is 0 Å². The van der Waals surface area contributed by atoms with Crippen LogP contribution in [0.2, 0.25) is 5.02 Å². The quantitative estimate of drug-likeness (QED) is 0.206. The van der Waals surface area contributed by atoms with E-state index in [1.165, 1.54) is 23.1 Å². The molecule has 2 heterocycles. The zero-order valence-electron chi connectivity index (χ0n) is 16.8. The number of nitriles is 1. The summed E-state index contributed by atoms with van der Waals surface area (Å²) in [5, 5.41) is 30.6. The minimum atomic E-state index is -0.408. The Hall–Kier alpha value is -2.86. The van der Waals surface area contributed by atoms with Gasteiger partial charge in [0.2, 0.25) is 0 Å². The van der Waals surface area contributed by atoms with Gasteiger partial charge in [0.05, 0.1) is 15.5 Å². The molecule has 0 spiro atoms. The number of halogens is 1. The fraction of sp³-hybridized carbons (Fsp3) is 0.182. The average Bonchev–Trinajstić information content (AvgIpc) is 3.38. The fourth-order valence-electron chi connectivity index (χ4n) is 3.08. The van der Waals surface area contributed by atoms with Crippen molar-refractivity contribution in [3.8, 4) is 17.5 Å². The molecule has 0 aliphatic rings. The number of rotatable bonds is 6. The highest BCUT2D eigenvalue weighted by Gasteiger charge is 2.22. The maximum absolute atomic E-state index is 10.9. The van der Waals surface area contributed by atoms with Gasteiger partial charge in [-0.2, -0.15) is 5.26 Å². The summed E-state index contributed by atoms with van der Waals surface area (Å²) in [6, 6.07) is 17.2. The van der Waals surface area contributed by atoms with Crippen molar-refractivity contribution in [1.29, 1.82) is 5.26 Å². The summed E-state index contributed by atoms with van der Waals surface area (Å²) >= 11 is 8.73. The first-order valence-corrected chi connectivity index (χ1v) is 11.6. The number of para-hydroxylation sites is 1. The van der Waals surface area contributed by atoms with Crippen LogP contribution in [0.3, 0.4) is 0 Å². The van der Waals surface area contributed by atoms with E-state index in [-0.39, 0.29) is 11.3 Å². The van der Waals surface area contributed by atoms with Crippen LogP contribution in [-0.4, -0.2) is 30.1 Å². The van der Waals surface area contributed by atoms with E-state index in [1.807, 2.05) is 66.9 Å². The van der Waals surface area contributed by atoms with Gasteiger partial charge in [-0.25, -0.2) is 4.98 Å². The normalized spacial score (nSPS) is 13.1. The van der Waals surface area contributed by atoms with E-state index in [0.29, 0.717) is 21.7 Å². The van der Waals surface area contributed by atoms with Gasteiger partial charge >= 0.3 is 0 Å². The summed E-state index contributed by atoms with van der Waals surface area (Å²) in [6.45, 7) is 4.50. The number of fused-ring (bicyclic) bond motifs is 1. The first kappa shape index (κ1) is 21.4. The number of aliphatic hydroxyl groups excluding tert-OH is 1. The molecule has 156 valence electrons. The number of thiazole rings is 1. The molecule has 1 unspecified atom stereocenters.